The van der Waals surface area contributed by atoms with E-state index >= 15 is 0 Å². The third-order valence-corrected chi connectivity index (χ3v) is 5.22. The predicted molar refractivity (Wildman–Crippen MR) is 83.5 cm³/mol. The molecule has 0 saturated heterocycles. The highest BCUT2D eigenvalue weighted by Crippen LogP contribution is 2.29. The second kappa shape index (κ2) is 8.26. The Hall–Kier alpha value is -0.0800. The minimum Gasteiger partial charge on any atom is -0.312 e. The van der Waals surface area contributed by atoms with Crippen LogP contribution >= 0.6 is 0 Å². The minimum absolute atomic E-state index is 0.741. The molecule has 2 atom stereocenters. The first kappa shape index (κ1) is 15.3. The predicted octanol–water partition coefficient (Wildman–Crippen LogP) is 3.81. The molecule has 0 aromatic carbocycles. The van der Waals surface area contributed by atoms with E-state index in [1.54, 1.807) is 0 Å². The van der Waals surface area contributed by atoms with Crippen molar-refractivity contribution in [1.29, 1.82) is 0 Å². The molecule has 0 amide bonds. The van der Waals surface area contributed by atoms with Crippen molar-refractivity contribution >= 4 is 0 Å². The lowest BCUT2D eigenvalue weighted by Gasteiger charge is -2.40. The zero-order valence-corrected chi connectivity index (χ0v) is 13.2. The smallest absolute Gasteiger partial charge is 0.0246 e. The fourth-order valence-corrected chi connectivity index (χ4v) is 3.78. The Labute approximate surface area is 120 Å². The lowest BCUT2D eigenvalue weighted by molar-refractivity contribution is 0.118. The van der Waals surface area contributed by atoms with Crippen LogP contribution in [-0.2, 0) is 0 Å². The molecule has 0 aliphatic heterocycles. The highest BCUT2D eigenvalue weighted by atomic mass is 15.2. The molecule has 2 saturated carbocycles. The van der Waals surface area contributed by atoms with Crippen LogP contribution in [0.2, 0.25) is 0 Å². The third kappa shape index (κ3) is 4.75. The van der Waals surface area contributed by atoms with Gasteiger partial charge in [-0.1, -0.05) is 39.0 Å². The van der Waals surface area contributed by atoms with Gasteiger partial charge in [0.15, 0.2) is 0 Å². The van der Waals surface area contributed by atoms with Crippen LogP contribution < -0.4 is 5.32 Å². The van der Waals surface area contributed by atoms with Crippen LogP contribution in [0.15, 0.2) is 0 Å². The SMILES string of the molecule is CCCNC1CCCCCCC1N(C)CC1CCC1. The number of rotatable bonds is 6. The molecule has 0 bridgehead atoms. The van der Waals surface area contributed by atoms with Gasteiger partial charge in [-0.15, -0.1) is 0 Å². The Morgan fingerprint density at radius 3 is 2.32 bits per heavy atom. The summed E-state index contributed by atoms with van der Waals surface area (Å²) in [6.07, 6.45) is 14.2. The van der Waals surface area contributed by atoms with Gasteiger partial charge in [0.2, 0.25) is 0 Å². The lowest BCUT2D eigenvalue weighted by Crippen LogP contribution is -2.51. The average Bonchev–Trinajstić information content (AvgIpc) is 2.32. The van der Waals surface area contributed by atoms with E-state index in [1.807, 2.05) is 0 Å². The molecular weight excluding hydrogens is 232 g/mol. The Morgan fingerprint density at radius 2 is 1.68 bits per heavy atom. The van der Waals surface area contributed by atoms with Crippen molar-refractivity contribution in [2.24, 2.45) is 5.92 Å². The number of likely N-dealkylation sites (N-methyl/N-ethyl adjacent to an activating group) is 1. The first-order valence-electron chi connectivity index (χ1n) is 8.75. The lowest BCUT2D eigenvalue weighted by atomic mass is 9.84. The highest BCUT2D eigenvalue weighted by Gasteiger charge is 2.28. The summed E-state index contributed by atoms with van der Waals surface area (Å²) in [7, 11) is 2.38. The van der Waals surface area contributed by atoms with E-state index in [2.05, 4.69) is 24.2 Å². The summed E-state index contributed by atoms with van der Waals surface area (Å²) in [5.41, 5.74) is 0. The molecule has 0 radical (unpaired) electrons. The zero-order chi connectivity index (χ0) is 13.5. The first-order chi connectivity index (χ1) is 9.31. The minimum atomic E-state index is 0.741. The molecule has 2 unspecified atom stereocenters. The molecule has 2 rings (SSSR count). The molecule has 19 heavy (non-hydrogen) atoms. The second-order valence-corrected chi connectivity index (χ2v) is 6.86. The van der Waals surface area contributed by atoms with Crippen LogP contribution in [0, 0.1) is 5.92 Å². The normalized spacial score (nSPS) is 29.8. The van der Waals surface area contributed by atoms with Gasteiger partial charge < -0.3 is 10.2 Å². The number of nitrogens with zero attached hydrogens (tertiary/aromatic N) is 1. The Bertz CT molecular complexity index is 235. The molecule has 2 aliphatic rings. The number of nitrogens with one attached hydrogen (secondary N) is 1. The van der Waals surface area contributed by atoms with E-state index in [0.29, 0.717) is 0 Å². The molecule has 112 valence electrons. The van der Waals surface area contributed by atoms with Crippen molar-refractivity contribution < 1.29 is 0 Å². The van der Waals surface area contributed by atoms with Crippen molar-refractivity contribution in [3.8, 4) is 0 Å². The van der Waals surface area contributed by atoms with Gasteiger partial charge >= 0.3 is 0 Å². The molecule has 2 nitrogen and oxygen atoms in total. The van der Waals surface area contributed by atoms with Crippen LogP contribution in [0.4, 0.5) is 0 Å². The number of hydrogen-bond acceptors (Lipinski definition) is 2. The van der Waals surface area contributed by atoms with Gasteiger partial charge in [-0.3, -0.25) is 0 Å². The van der Waals surface area contributed by atoms with Gasteiger partial charge in [0.05, 0.1) is 0 Å². The molecule has 2 fully saturated rings. The zero-order valence-electron chi connectivity index (χ0n) is 13.2. The van der Waals surface area contributed by atoms with Gasteiger partial charge in [-0.2, -0.15) is 0 Å². The molecule has 0 spiro atoms. The number of hydrogen-bond donors (Lipinski definition) is 1. The van der Waals surface area contributed by atoms with Crippen molar-refractivity contribution in [1.82, 2.24) is 10.2 Å². The highest BCUT2D eigenvalue weighted by molar-refractivity contribution is 4.86. The summed E-state index contributed by atoms with van der Waals surface area (Å²) >= 11 is 0. The van der Waals surface area contributed by atoms with E-state index in [9.17, 15) is 0 Å². The van der Waals surface area contributed by atoms with E-state index in [4.69, 9.17) is 0 Å². The standard InChI is InChI=1S/C17H34N2/c1-3-13-18-16-11-6-4-5-7-12-17(16)19(2)14-15-9-8-10-15/h15-18H,3-14H2,1-2H3. The van der Waals surface area contributed by atoms with E-state index in [0.717, 1.165) is 18.0 Å². The maximum Gasteiger partial charge on any atom is 0.0246 e. The largest absolute Gasteiger partial charge is 0.312 e. The topological polar surface area (TPSA) is 15.3 Å². The Kier molecular flexibility index (Phi) is 6.66. The van der Waals surface area contributed by atoms with Gasteiger partial charge in [0, 0.05) is 18.6 Å². The molecule has 0 aromatic rings. The van der Waals surface area contributed by atoms with Crippen LogP contribution in [-0.4, -0.2) is 37.1 Å². The molecule has 2 aliphatic carbocycles. The van der Waals surface area contributed by atoms with E-state index < -0.39 is 0 Å². The summed E-state index contributed by atoms with van der Waals surface area (Å²) in [5.74, 6) is 1.00. The van der Waals surface area contributed by atoms with Crippen molar-refractivity contribution in [2.75, 3.05) is 20.1 Å². The molecule has 1 N–H and O–H groups in total. The fraction of sp³-hybridized carbons (Fsp3) is 1.00. The van der Waals surface area contributed by atoms with E-state index in [-0.39, 0.29) is 0 Å². The van der Waals surface area contributed by atoms with Crippen LogP contribution in [0.5, 0.6) is 0 Å². The van der Waals surface area contributed by atoms with Crippen LogP contribution in [0.25, 0.3) is 0 Å². The van der Waals surface area contributed by atoms with Crippen molar-refractivity contribution in [3.63, 3.8) is 0 Å². The van der Waals surface area contributed by atoms with E-state index in [1.165, 1.54) is 77.3 Å². The first-order valence-corrected chi connectivity index (χ1v) is 8.75. The van der Waals surface area contributed by atoms with Crippen molar-refractivity contribution in [3.05, 3.63) is 0 Å². The summed E-state index contributed by atoms with van der Waals surface area (Å²) in [5, 5.41) is 3.84. The Balaban J connectivity index is 1.88. The van der Waals surface area contributed by atoms with Gasteiger partial charge in [-0.25, -0.2) is 0 Å². The van der Waals surface area contributed by atoms with Gasteiger partial charge in [0.1, 0.15) is 0 Å². The van der Waals surface area contributed by atoms with Gasteiger partial charge in [0.25, 0.3) is 0 Å². The molecule has 0 aromatic heterocycles. The maximum absolute atomic E-state index is 3.84. The van der Waals surface area contributed by atoms with Crippen LogP contribution in [0.3, 0.4) is 0 Å². The quantitative estimate of drug-likeness (QED) is 0.786. The van der Waals surface area contributed by atoms with Crippen LogP contribution in [0.1, 0.15) is 71.1 Å². The average molecular weight is 266 g/mol. The maximum atomic E-state index is 3.84. The van der Waals surface area contributed by atoms with Crippen molar-refractivity contribution in [2.45, 2.75) is 83.2 Å². The summed E-state index contributed by atoms with van der Waals surface area (Å²) in [4.78, 5) is 2.70. The third-order valence-electron chi connectivity index (χ3n) is 5.22. The second-order valence-electron chi connectivity index (χ2n) is 6.86. The Morgan fingerprint density at radius 1 is 0.947 bits per heavy atom. The summed E-state index contributed by atoms with van der Waals surface area (Å²) in [6, 6.07) is 1.53. The summed E-state index contributed by atoms with van der Waals surface area (Å²) < 4.78 is 0. The fourth-order valence-electron chi connectivity index (χ4n) is 3.78. The molecule has 2 heteroatoms. The monoisotopic (exact) mass is 266 g/mol. The molecular formula is C17H34N2. The summed E-state index contributed by atoms with van der Waals surface area (Å²) in [6.45, 7) is 4.82. The van der Waals surface area contributed by atoms with Gasteiger partial charge in [-0.05, 0) is 51.6 Å². The molecule has 0 heterocycles.